The van der Waals surface area contributed by atoms with Gasteiger partial charge < -0.3 is 4.98 Å². The van der Waals surface area contributed by atoms with Crippen LogP contribution in [-0.2, 0) is 5.41 Å². The van der Waals surface area contributed by atoms with Gasteiger partial charge in [0.25, 0.3) is 0 Å². The Morgan fingerprint density at radius 2 is 1.87 bits per heavy atom. The standard InChI is InChI=1S/C13H15N2/c1-13(2,3)12-14-9-11(15-12)10-7-5-4-6-8-10/h5-9H,1-3H3,(H,14,15). The minimum Gasteiger partial charge on any atom is -0.348 e. The van der Waals surface area contributed by atoms with Crippen molar-refractivity contribution in [2.45, 2.75) is 26.2 Å². The predicted octanol–water partition coefficient (Wildman–Crippen LogP) is 3.17. The van der Waals surface area contributed by atoms with Gasteiger partial charge in [-0.15, -0.1) is 0 Å². The fourth-order valence-corrected chi connectivity index (χ4v) is 1.41. The molecule has 1 aromatic heterocycles. The summed E-state index contributed by atoms with van der Waals surface area (Å²) in [6.07, 6.45) is 1.95. The molecule has 2 heteroatoms. The summed E-state index contributed by atoms with van der Waals surface area (Å²) in [6.45, 7) is 6.44. The lowest BCUT2D eigenvalue weighted by atomic mass is 9.96. The van der Waals surface area contributed by atoms with Gasteiger partial charge in [0.05, 0.1) is 5.69 Å². The molecule has 2 nitrogen and oxygen atoms in total. The zero-order valence-electron chi connectivity index (χ0n) is 9.33. The minimum atomic E-state index is 0.0686. The Morgan fingerprint density at radius 3 is 2.40 bits per heavy atom. The maximum Gasteiger partial charge on any atom is 0.112 e. The zero-order chi connectivity index (χ0) is 10.9. The molecule has 0 saturated carbocycles. The Labute approximate surface area is 90.4 Å². The van der Waals surface area contributed by atoms with Gasteiger partial charge in [-0.3, -0.25) is 0 Å². The lowest BCUT2D eigenvalue weighted by Gasteiger charge is -2.13. The van der Waals surface area contributed by atoms with E-state index in [-0.39, 0.29) is 5.41 Å². The molecule has 0 amide bonds. The van der Waals surface area contributed by atoms with Gasteiger partial charge in [-0.25, -0.2) is 4.98 Å². The summed E-state index contributed by atoms with van der Waals surface area (Å²) in [5.74, 6) is 1.02. The maximum absolute atomic E-state index is 4.58. The summed E-state index contributed by atoms with van der Waals surface area (Å²) >= 11 is 0. The minimum absolute atomic E-state index is 0.0686. The van der Waals surface area contributed by atoms with Gasteiger partial charge in [0, 0.05) is 17.2 Å². The Bertz CT molecular complexity index is 435. The highest BCUT2D eigenvalue weighted by molar-refractivity contribution is 5.58. The Morgan fingerprint density at radius 1 is 1.20 bits per heavy atom. The number of benzene rings is 1. The smallest absolute Gasteiger partial charge is 0.112 e. The van der Waals surface area contributed by atoms with E-state index in [1.165, 1.54) is 0 Å². The van der Waals surface area contributed by atoms with Crippen LogP contribution in [0.2, 0.25) is 0 Å². The Kier molecular flexibility index (Phi) is 2.35. The van der Waals surface area contributed by atoms with Crippen molar-refractivity contribution in [2.24, 2.45) is 0 Å². The van der Waals surface area contributed by atoms with E-state index in [0.29, 0.717) is 0 Å². The van der Waals surface area contributed by atoms with Gasteiger partial charge >= 0.3 is 0 Å². The molecule has 15 heavy (non-hydrogen) atoms. The lowest BCUT2D eigenvalue weighted by molar-refractivity contribution is 0.553. The highest BCUT2D eigenvalue weighted by Gasteiger charge is 2.17. The average Bonchev–Trinajstić information content (AvgIpc) is 2.67. The second kappa shape index (κ2) is 3.54. The van der Waals surface area contributed by atoms with E-state index in [0.717, 1.165) is 17.1 Å². The number of nitrogens with one attached hydrogen (secondary N) is 1. The molecule has 1 N–H and O–H groups in total. The van der Waals surface area contributed by atoms with Crippen LogP contribution in [0.5, 0.6) is 0 Å². The SMILES string of the molecule is CC(C)(C)c1nc(-c2cc[c]cc2)c[nH]1. The van der Waals surface area contributed by atoms with E-state index in [9.17, 15) is 0 Å². The highest BCUT2D eigenvalue weighted by atomic mass is 14.9. The van der Waals surface area contributed by atoms with Crippen molar-refractivity contribution in [2.75, 3.05) is 0 Å². The van der Waals surface area contributed by atoms with Gasteiger partial charge in [0.1, 0.15) is 5.82 Å². The molecule has 0 unspecified atom stereocenters. The van der Waals surface area contributed by atoms with Crippen molar-refractivity contribution in [3.8, 4) is 11.3 Å². The summed E-state index contributed by atoms with van der Waals surface area (Å²) in [5.41, 5.74) is 2.19. The molecule has 0 spiro atoms. The van der Waals surface area contributed by atoms with E-state index < -0.39 is 0 Å². The number of aromatic amines is 1. The zero-order valence-corrected chi connectivity index (χ0v) is 9.33. The van der Waals surface area contributed by atoms with E-state index in [1.54, 1.807) is 0 Å². The Balaban J connectivity index is 2.37. The van der Waals surface area contributed by atoms with E-state index in [1.807, 2.05) is 30.5 Å². The molecule has 0 fully saturated rings. The molecular weight excluding hydrogens is 184 g/mol. The third kappa shape index (κ3) is 2.09. The van der Waals surface area contributed by atoms with Crippen molar-refractivity contribution >= 4 is 0 Å². The van der Waals surface area contributed by atoms with Crippen LogP contribution in [0.15, 0.2) is 30.5 Å². The Hall–Kier alpha value is -1.57. The monoisotopic (exact) mass is 199 g/mol. The molecule has 0 aliphatic carbocycles. The van der Waals surface area contributed by atoms with Gasteiger partial charge in [0.2, 0.25) is 0 Å². The van der Waals surface area contributed by atoms with E-state index in [4.69, 9.17) is 0 Å². The molecule has 1 radical (unpaired) electrons. The summed E-state index contributed by atoms with van der Waals surface area (Å²) < 4.78 is 0. The van der Waals surface area contributed by atoms with Gasteiger partial charge in [-0.05, 0) is 6.07 Å². The van der Waals surface area contributed by atoms with Crippen LogP contribution in [0.4, 0.5) is 0 Å². The molecule has 0 aliphatic rings. The highest BCUT2D eigenvalue weighted by Crippen LogP contribution is 2.22. The molecular formula is C13H15N2. The van der Waals surface area contributed by atoms with E-state index >= 15 is 0 Å². The number of nitrogens with zero attached hydrogens (tertiary/aromatic N) is 1. The normalized spacial score (nSPS) is 11.7. The number of imidazole rings is 1. The third-order valence-electron chi connectivity index (χ3n) is 2.30. The molecule has 2 rings (SSSR count). The topological polar surface area (TPSA) is 28.7 Å². The van der Waals surface area contributed by atoms with Gasteiger partial charge in [-0.2, -0.15) is 0 Å². The molecule has 0 bridgehead atoms. The number of hydrogen-bond donors (Lipinski definition) is 1. The first kappa shape index (κ1) is 9.97. The second-order valence-corrected chi connectivity index (χ2v) is 4.67. The maximum atomic E-state index is 4.58. The molecule has 77 valence electrons. The quantitative estimate of drug-likeness (QED) is 0.750. The fourth-order valence-electron chi connectivity index (χ4n) is 1.41. The van der Waals surface area contributed by atoms with Crippen LogP contribution < -0.4 is 0 Å². The predicted molar refractivity (Wildman–Crippen MR) is 61.6 cm³/mol. The lowest BCUT2D eigenvalue weighted by Crippen LogP contribution is -2.13. The molecule has 1 heterocycles. The van der Waals surface area contributed by atoms with Crippen LogP contribution in [0, 0.1) is 6.07 Å². The molecule has 0 atom stereocenters. The molecule has 0 aliphatic heterocycles. The molecule has 2 aromatic rings. The van der Waals surface area contributed by atoms with E-state index in [2.05, 4.69) is 36.8 Å². The fraction of sp³-hybridized carbons (Fsp3) is 0.308. The van der Waals surface area contributed by atoms with Crippen LogP contribution in [0.25, 0.3) is 11.3 Å². The van der Waals surface area contributed by atoms with Crippen LogP contribution >= 0.6 is 0 Å². The van der Waals surface area contributed by atoms with Crippen molar-refractivity contribution in [1.29, 1.82) is 0 Å². The first-order valence-corrected chi connectivity index (χ1v) is 5.10. The summed E-state index contributed by atoms with van der Waals surface area (Å²) in [4.78, 5) is 7.81. The summed E-state index contributed by atoms with van der Waals surface area (Å²) in [6, 6.07) is 10.8. The third-order valence-corrected chi connectivity index (χ3v) is 2.30. The van der Waals surface area contributed by atoms with Crippen molar-refractivity contribution in [3.05, 3.63) is 42.4 Å². The van der Waals surface area contributed by atoms with Crippen LogP contribution in [-0.4, -0.2) is 9.97 Å². The van der Waals surface area contributed by atoms with Crippen molar-refractivity contribution in [3.63, 3.8) is 0 Å². The second-order valence-electron chi connectivity index (χ2n) is 4.67. The van der Waals surface area contributed by atoms with Crippen LogP contribution in [0.3, 0.4) is 0 Å². The van der Waals surface area contributed by atoms with Crippen molar-refractivity contribution < 1.29 is 0 Å². The number of hydrogen-bond acceptors (Lipinski definition) is 1. The van der Waals surface area contributed by atoms with Crippen LogP contribution in [0.1, 0.15) is 26.6 Å². The first-order chi connectivity index (χ1) is 7.07. The van der Waals surface area contributed by atoms with Gasteiger partial charge in [-0.1, -0.05) is 45.0 Å². The number of rotatable bonds is 1. The number of H-pyrrole nitrogens is 1. The van der Waals surface area contributed by atoms with Crippen molar-refractivity contribution in [1.82, 2.24) is 9.97 Å². The molecule has 0 saturated heterocycles. The summed E-state index contributed by atoms with van der Waals surface area (Å²) in [7, 11) is 0. The largest absolute Gasteiger partial charge is 0.348 e. The number of aromatic nitrogens is 2. The summed E-state index contributed by atoms with van der Waals surface area (Å²) in [5, 5.41) is 0. The first-order valence-electron chi connectivity index (χ1n) is 5.10. The molecule has 1 aromatic carbocycles. The average molecular weight is 199 g/mol. The van der Waals surface area contributed by atoms with Gasteiger partial charge in [0.15, 0.2) is 0 Å².